The summed E-state index contributed by atoms with van der Waals surface area (Å²) in [6, 6.07) is 0.272. The van der Waals surface area contributed by atoms with Gasteiger partial charge in [-0.3, -0.25) is 0 Å². The molecule has 1 saturated heterocycles. The molecule has 2 heterocycles. The van der Waals surface area contributed by atoms with E-state index in [0.717, 1.165) is 25.8 Å². The Morgan fingerprint density at radius 1 is 1.39 bits per heavy atom. The van der Waals surface area contributed by atoms with Crippen LogP contribution >= 0.6 is 0 Å². The van der Waals surface area contributed by atoms with E-state index in [9.17, 15) is 4.79 Å². The molecule has 1 aromatic heterocycles. The van der Waals surface area contributed by atoms with Gasteiger partial charge in [0.05, 0.1) is 12.4 Å². The van der Waals surface area contributed by atoms with Gasteiger partial charge < -0.3 is 15.1 Å². The third kappa shape index (κ3) is 2.76. The van der Waals surface area contributed by atoms with Crippen molar-refractivity contribution in [3.63, 3.8) is 0 Å². The summed E-state index contributed by atoms with van der Waals surface area (Å²) in [5, 5.41) is 17.8. The summed E-state index contributed by atoms with van der Waals surface area (Å²) in [5.74, 6) is -0.377. The molecule has 0 spiro atoms. The second-order valence-corrected chi connectivity index (χ2v) is 4.42. The minimum atomic E-state index is -1.07. The average Bonchev–Trinajstić information content (AvgIpc) is 2.40. The van der Waals surface area contributed by atoms with Crippen molar-refractivity contribution in [3.05, 3.63) is 18.1 Å². The Morgan fingerprint density at radius 3 is 2.83 bits per heavy atom. The zero-order chi connectivity index (χ0) is 13.0. The van der Waals surface area contributed by atoms with E-state index in [1.807, 2.05) is 0 Å². The van der Waals surface area contributed by atoms with Crippen LogP contribution in [0.4, 0.5) is 5.82 Å². The second kappa shape index (κ2) is 5.77. The Labute approximate surface area is 105 Å². The third-order valence-electron chi connectivity index (χ3n) is 3.24. The van der Waals surface area contributed by atoms with Crippen molar-refractivity contribution < 1.29 is 15.0 Å². The van der Waals surface area contributed by atoms with Gasteiger partial charge in [-0.05, 0) is 25.7 Å². The van der Waals surface area contributed by atoms with Gasteiger partial charge in [0.15, 0.2) is 5.69 Å². The monoisotopic (exact) mass is 251 g/mol. The molecule has 0 bridgehead atoms. The first-order valence-corrected chi connectivity index (χ1v) is 6.15. The van der Waals surface area contributed by atoms with Gasteiger partial charge in [0, 0.05) is 19.2 Å². The largest absolute Gasteiger partial charge is 0.476 e. The molecule has 0 aliphatic carbocycles. The van der Waals surface area contributed by atoms with Crippen LogP contribution in [0.3, 0.4) is 0 Å². The molecule has 2 rings (SSSR count). The number of aliphatic hydroxyl groups is 1. The normalized spacial score (nSPS) is 19.8. The van der Waals surface area contributed by atoms with Crippen LogP contribution in [0.25, 0.3) is 0 Å². The van der Waals surface area contributed by atoms with Crippen LogP contribution in [0.1, 0.15) is 36.2 Å². The average molecular weight is 251 g/mol. The molecule has 0 radical (unpaired) electrons. The number of carboxylic acid groups (broad SMARTS) is 1. The lowest BCUT2D eigenvalue weighted by atomic mass is 10.00. The van der Waals surface area contributed by atoms with E-state index in [4.69, 9.17) is 10.2 Å². The van der Waals surface area contributed by atoms with Gasteiger partial charge in [-0.2, -0.15) is 0 Å². The zero-order valence-electron chi connectivity index (χ0n) is 10.1. The van der Waals surface area contributed by atoms with Crippen molar-refractivity contribution in [2.45, 2.75) is 31.7 Å². The van der Waals surface area contributed by atoms with E-state index in [1.54, 1.807) is 0 Å². The third-order valence-corrected chi connectivity index (χ3v) is 3.24. The fraction of sp³-hybridized carbons (Fsp3) is 0.583. The standard InChI is InChI=1S/C12H17N3O3/c16-6-4-9-3-1-2-5-15(9)11-8-13-10(7-14-11)12(17)18/h7-9,16H,1-6H2,(H,17,18). The number of aromatic carboxylic acids is 1. The topological polar surface area (TPSA) is 86.5 Å². The molecule has 6 nitrogen and oxygen atoms in total. The molecule has 2 N–H and O–H groups in total. The second-order valence-electron chi connectivity index (χ2n) is 4.42. The van der Waals surface area contributed by atoms with Crippen molar-refractivity contribution in [2.24, 2.45) is 0 Å². The number of carboxylic acids is 1. The van der Waals surface area contributed by atoms with E-state index < -0.39 is 5.97 Å². The lowest BCUT2D eigenvalue weighted by Gasteiger charge is -2.36. The maximum Gasteiger partial charge on any atom is 0.356 e. The Morgan fingerprint density at radius 2 is 2.22 bits per heavy atom. The van der Waals surface area contributed by atoms with E-state index in [0.29, 0.717) is 12.2 Å². The molecule has 0 aromatic carbocycles. The van der Waals surface area contributed by atoms with Crippen LogP contribution in [0.15, 0.2) is 12.4 Å². The zero-order valence-corrected chi connectivity index (χ0v) is 10.1. The van der Waals surface area contributed by atoms with Crippen LogP contribution in [0, 0.1) is 0 Å². The highest BCUT2D eigenvalue weighted by molar-refractivity contribution is 5.84. The first kappa shape index (κ1) is 12.8. The summed E-state index contributed by atoms with van der Waals surface area (Å²) < 4.78 is 0. The maximum atomic E-state index is 10.7. The molecule has 1 aromatic rings. The van der Waals surface area contributed by atoms with Crippen LogP contribution in [-0.2, 0) is 0 Å². The molecular weight excluding hydrogens is 234 g/mol. The summed E-state index contributed by atoms with van der Waals surface area (Å²) >= 11 is 0. The molecule has 1 atom stereocenters. The number of piperidine rings is 1. The highest BCUT2D eigenvalue weighted by Gasteiger charge is 2.23. The smallest absolute Gasteiger partial charge is 0.356 e. The Balaban J connectivity index is 2.15. The number of rotatable bonds is 4. The Hall–Kier alpha value is -1.69. The fourth-order valence-corrected chi connectivity index (χ4v) is 2.33. The summed E-state index contributed by atoms with van der Waals surface area (Å²) in [4.78, 5) is 20.9. The van der Waals surface area contributed by atoms with E-state index >= 15 is 0 Å². The van der Waals surface area contributed by atoms with Gasteiger partial charge in [-0.1, -0.05) is 0 Å². The SMILES string of the molecule is O=C(O)c1cnc(N2CCCCC2CCO)cn1. The van der Waals surface area contributed by atoms with Crippen molar-refractivity contribution in [1.29, 1.82) is 0 Å². The number of hydrogen-bond acceptors (Lipinski definition) is 5. The van der Waals surface area contributed by atoms with E-state index in [2.05, 4.69) is 14.9 Å². The number of anilines is 1. The molecule has 1 aliphatic rings. The van der Waals surface area contributed by atoms with Gasteiger partial charge in [-0.25, -0.2) is 14.8 Å². The number of carbonyl (C=O) groups is 1. The first-order valence-electron chi connectivity index (χ1n) is 6.15. The minimum Gasteiger partial charge on any atom is -0.476 e. The van der Waals surface area contributed by atoms with Crippen LogP contribution in [0.2, 0.25) is 0 Å². The van der Waals surface area contributed by atoms with Gasteiger partial charge in [0.1, 0.15) is 5.82 Å². The van der Waals surface area contributed by atoms with Crippen LogP contribution < -0.4 is 4.90 Å². The molecule has 18 heavy (non-hydrogen) atoms. The lowest BCUT2D eigenvalue weighted by molar-refractivity contribution is 0.0690. The minimum absolute atomic E-state index is 0.0468. The first-order chi connectivity index (χ1) is 8.72. The Kier molecular flexibility index (Phi) is 4.09. The summed E-state index contributed by atoms with van der Waals surface area (Å²) in [5.41, 5.74) is -0.0468. The van der Waals surface area contributed by atoms with E-state index in [1.165, 1.54) is 12.4 Å². The summed E-state index contributed by atoms with van der Waals surface area (Å²) in [7, 11) is 0. The van der Waals surface area contributed by atoms with Crippen LogP contribution in [-0.4, -0.2) is 45.3 Å². The molecule has 0 amide bonds. The van der Waals surface area contributed by atoms with Crippen LogP contribution in [0.5, 0.6) is 0 Å². The molecule has 1 aliphatic heterocycles. The van der Waals surface area contributed by atoms with Gasteiger partial charge >= 0.3 is 5.97 Å². The lowest BCUT2D eigenvalue weighted by Crippen LogP contribution is -2.40. The predicted molar refractivity (Wildman–Crippen MR) is 65.7 cm³/mol. The molecule has 1 fully saturated rings. The highest BCUT2D eigenvalue weighted by atomic mass is 16.4. The molecule has 98 valence electrons. The quantitative estimate of drug-likeness (QED) is 0.827. The number of hydrogen-bond donors (Lipinski definition) is 2. The summed E-state index contributed by atoms with van der Waals surface area (Å²) in [6.45, 7) is 1.04. The molecule has 0 saturated carbocycles. The van der Waals surface area contributed by atoms with Crippen molar-refractivity contribution in [3.8, 4) is 0 Å². The highest BCUT2D eigenvalue weighted by Crippen LogP contribution is 2.24. The number of aromatic nitrogens is 2. The molecular formula is C12H17N3O3. The van der Waals surface area contributed by atoms with Crippen molar-refractivity contribution in [1.82, 2.24) is 9.97 Å². The van der Waals surface area contributed by atoms with Gasteiger partial charge in [-0.15, -0.1) is 0 Å². The molecule has 1 unspecified atom stereocenters. The van der Waals surface area contributed by atoms with Gasteiger partial charge in [0.25, 0.3) is 0 Å². The Bertz CT molecular complexity index is 406. The van der Waals surface area contributed by atoms with E-state index in [-0.39, 0.29) is 18.3 Å². The van der Waals surface area contributed by atoms with Crippen molar-refractivity contribution >= 4 is 11.8 Å². The van der Waals surface area contributed by atoms with Gasteiger partial charge in [0.2, 0.25) is 0 Å². The number of aliphatic hydroxyl groups excluding tert-OH is 1. The predicted octanol–water partition coefficient (Wildman–Crippen LogP) is 0.916. The number of nitrogens with zero attached hydrogens (tertiary/aromatic N) is 3. The van der Waals surface area contributed by atoms with Crippen molar-refractivity contribution in [2.75, 3.05) is 18.1 Å². The maximum absolute atomic E-state index is 10.7. The summed E-state index contributed by atoms with van der Waals surface area (Å²) in [6.07, 6.45) is 6.76. The molecule has 6 heteroatoms. The fourth-order valence-electron chi connectivity index (χ4n) is 2.33.